The summed E-state index contributed by atoms with van der Waals surface area (Å²) in [5.74, 6) is -0.508. The number of pyridine rings is 1. The molecule has 5 rings (SSSR count). The minimum atomic E-state index is -1.02. The predicted octanol–water partition coefficient (Wildman–Crippen LogP) is 4.87. The molecule has 3 aromatic rings. The fraction of sp³-hybridized carbons (Fsp3) is 0.415. The van der Waals surface area contributed by atoms with Crippen molar-refractivity contribution in [1.82, 2.24) is 20.5 Å². The summed E-state index contributed by atoms with van der Waals surface area (Å²) in [6.45, 7) is 5.69. The van der Waals surface area contributed by atoms with Crippen LogP contribution in [0.4, 0.5) is 0 Å². The maximum Gasteiger partial charge on any atom is 0.320 e. The Morgan fingerprint density at radius 3 is 2.75 bits per heavy atom. The third-order valence-electron chi connectivity index (χ3n) is 9.91. The van der Waals surface area contributed by atoms with Gasteiger partial charge in [-0.2, -0.15) is 5.26 Å². The second-order valence-corrected chi connectivity index (χ2v) is 14.3. The van der Waals surface area contributed by atoms with E-state index >= 15 is 0 Å². The molecular formula is C41H50ClN7O6. The van der Waals surface area contributed by atoms with Crippen LogP contribution in [-0.2, 0) is 22.7 Å². The number of nitrogens with zero attached hydrogens (tertiary/aromatic N) is 3. The molecule has 0 bridgehead atoms. The summed E-state index contributed by atoms with van der Waals surface area (Å²) in [7, 11) is 0. The van der Waals surface area contributed by atoms with E-state index in [1.54, 1.807) is 24.4 Å². The molecule has 0 spiro atoms. The maximum atomic E-state index is 12.1. The number of β-amino-alcohol motifs (C(OH)–C–C–N with tert-alkyl or cyclic N) is 1. The summed E-state index contributed by atoms with van der Waals surface area (Å²) < 4.78 is 19.6. The van der Waals surface area contributed by atoms with Crippen molar-refractivity contribution in [3.05, 3.63) is 106 Å². The first-order valence-electron chi connectivity index (χ1n) is 18.5. The Morgan fingerprint density at radius 1 is 1.20 bits per heavy atom. The number of aliphatic hydroxyl groups excluding tert-OH is 1. The van der Waals surface area contributed by atoms with Crippen molar-refractivity contribution in [2.75, 3.05) is 39.4 Å². The predicted molar refractivity (Wildman–Crippen MR) is 211 cm³/mol. The number of benzene rings is 2. The van der Waals surface area contributed by atoms with Gasteiger partial charge in [0, 0.05) is 74.8 Å². The lowest BCUT2D eigenvalue weighted by molar-refractivity contribution is -0.139. The molecule has 2 aromatic carbocycles. The number of aliphatic carboxylic acids is 1. The third kappa shape index (κ3) is 11.8. The summed E-state index contributed by atoms with van der Waals surface area (Å²) in [5.41, 5.74) is 8.40. The highest BCUT2D eigenvalue weighted by Gasteiger charge is 2.40. The number of ether oxygens (including phenoxy) is 3. The number of halogens is 1. The van der Waals surface area contributed by atoms with Gasteiger partial charge in [0.2, 0.25) is 0 Å². The Kier molecular flexibility index (Phi) is 15.1. The van der Waals surface area contributed by atoms with Gasteiger partial charge in [0.15, 0.2) is 5.96 Å². The molecule has 0 saturated carbocycles. The Labute approximate surface area is 327 Å². The van der Waals surface area contributed by atoms with Crippen molar-refractivity contribution >= 4 is 29.1 Å². The van der Waals surface area contributed by atoms with Crippen LogP contribution in [0.5, 0.6) is 11.5 Å². The summed E-state index contributed by atoms with van der Waals surface area (Å²) in [6, 6.07) is 16.5. The molecule has 2 heterocycles. The van der Waals surface area contributed by atoms with Crippen LogP contribution in [0.2, 0.25) is 5.02 Å². The standard InChI is InChI=1S/C41H50ClN7O6/c1-28-34(31-8-3-2-4-9-31)10-5-13-41(28,55-17-7-15-49-16-12-33(50)25-49)27-54-38-20-37(53-26-30-18-29(21-43)22-46-23-30)32(19-35(38)42)24-48-36(39(51)52)11-6-14-47-40(44)45/h2-5,8-10,13,18-20,22-23,28,33,36,48,50H,6-7,11-12,14-17,24-27H2,1H3,(H,51,52)(H4,44,45,47)/t28?,33-,36?,41?/m1/s1. The van der Waals surface area contributed by atoms with E-state index < -0.39 is 17.6 Å². The Bertz CT molecular complexity index is 1870. The number of rotatable bonds is 20. The smallest absolute Gasteiger partial charge is 0.320 e. The zero-order chi connectivity index (χ0) is 39.2. The van der Waals surface area contributed by atoms with Gasteiger partial charge in [-0.15, -0.1) is 0 Å². The van der Waals surface area contributed by atoms with Gasteiger partial charge in [-0.25, -0.2) is 0 Å². The number of carboxylic acid groups (broad SMARTS) is 1. The van der Waals surface area contributed by atoms with Crippen molar-refractivity contribution in [3.8, 4) is 17.6 Å². The lowest BCUT2D eigenvalue weighted by atomic mass is 9.77. The molecule has 1 saturated heterocycles. The van der Waals surface area contributed by atoms with Crippen molar-refractivity contribution in [1.29, 1.82) is 10.7 Å². The molecule has 14 heteroatoms. The summed E-state index contributed by atoms with van der Waals surface area (Å²) in [5, 5.41) is 42.7. The number of carboxylic acids is 1. The van der Waals surface area contributed by atoms with Gasteiger partial charge in [0.1, 0.15) is 42.4 Å². The number of likely N-dealkylation sites (tertiary alicyclic amines) is 1. The van der Waals surface area contributed by atoms with Crippen LogP contribution in [0.25, 0.3) is 5.57 Å². The molecule has 2 aliphatic rings. The van der Waals surface area contributed by atoms with Crippen LogP contribution in [0, 0.1) is 22.7 Å². The first-order valence-corrected chi connectivity index (χ1v) is 18.9. The zero-order valence-corrected chi connectivity index (χ0v) is 31.8. The molecule has 0 amide bonds. The highest BCUT2D eigenvalue weighted by atomic mass is 35.5. The molecule has 3 unspecified atom stereocenters. The van der Waals surface area contributed by atoms with E-state index in [1.807, 2.05) is 30.4 Å². The van der Waals surface area contributed by atoms with E-state index in [0.717, 1.165) is 37.1 Å². The number of aromatic nitrogens is 1. The number of hydrogen-bond donors (Lipinski definition) is 6. The molecule has 55 heavy (non-hydrogen) atoms. The minimum Gasteiger partial charge on any atom is -0.489 e. The molecule has 4 atom stereocenters. The molecule has 1 fully saturated rings. The molecule has 13 nitrogen and oxygen atoms in total. The SMILES string of the molecule is CC1C(c2ccccc2)=CC=CC1(COc1cc(OCc2cncc(C#N)c2)c(CNC(CCCNC(=N)N)C(=O)O)cc1Cl)OCCCN1CC[C@@H](O)C1. The number of aliphatic hydroxyl groups is 1. The topological polar surface area (TPSA) is 199 Å². The Hall–Kier alpha value is -4.97. The molecule has 1 aliphatic carbocycles. The van der Waals surface area contributed by atoms with E-state index in [4.69, 9.17) is 37.0 Å². The zero-order valence-electron chi connectivity index (χ0n) is 31.0. The second kappa shape index (κ2) is 20.1. The molecule has 7 N–H and O–H groups in total. The molecular weight excluding hydrogens is 722 g/mol. The van der Waals surface area contributed by atoms with Crippen LogP contribution >= 0.6 is 11.6 Å². The first-order chi connectivity index (χ1) is 26.6. The van der Waals surface area contributed by atoms with E-state index in [1.165, 1.54) is 6.20 Å². The van der Waals surface area contributed by atoms with E-state index in [0.29, 0.717) is 65.8 Å². The molecule has 1 aliphatic heterocycles. The largest absolute Gasteiger partial charge is 0.489 e. The quantitative estimate of drug-likeness (QED) is 0.0518. The van der Waals surface area contributed by atoms with Crippen LogP contribution in [0.15, 0.2) is 79.2 Å². The van der Waals surface area contributed by atoms with Gasteiger partial charge in [0.05, 0.1) is 16.7 Å². The average Bonchev–Trinajstić information content (AvgIpc) is 3.60. The lowest BCUT2D eigenvalue weighted by Gasteiger charge is -2.40. The fourth-order valence-electron chi connectivity index (χ4n) is 6.81. The molecule has 1 aromatic heterocycles. The maximum absolute atomic E-state index is 12.1. The number of nitrogens with one attached hydrogen (secondary N) is 3. The van der Waals surface area contributed by atoms with E-state index in [9.17, 15) is 20.3 Å². The number of nitriles is 1. The number of allylic oxidation sites excluding steroid dienone is 2. The van der Waals surface area contributed by atoms with Crippen LogP contribution in [0.3, 0.4) is 0 Å². The second-order valence-electron chi connectivity index (χ2n) is 13.9. The van der Waals surface area contributed by atoms with E-state index in [2.05, 4.69) is 51.7 Å². The first kappa shape index (κ1) is 41.2. The summed E-state index contributed by atoms with van der Waals surface area (Å²) >= 11 is 6.90. The normalized spacial score (nSPS) is 20.0. The third-order valence-corrected chi connectivity index (χ3v) is 10.2. The van der Waals surface area contributed by atoms with Crippen LogP contribution in [0.1, 0.15) is 54.9 Å². The highest BCUT2D eigenvalue weighted by Crippen LogP contribution is 2.41. The Morgan fingerprint density at radius 2 is 2.02 bits per heavy atom. The van der Waals surface area contributed by atoms with Crippen LogP contribution < -0.4 is 25.8 Å². The van der Waals surface area contributed by atoms with Crippen LogP contribution in [-0.4, -0.2) is 89.2 Å². The summed E-state index contributed by atoms with van der Waals surface area (Å²) in [4.78, 5) is 18.5. The van der Waals surface area contributed by atoms with Gasteiger partial charge >= 0.3 is 5.97 Å². The monoisotopic (exact) mass is 771 g/mol. The van der Waals surface area contributed by atoms with Crippen molar-refractivity contribution in [2.45, 2.75) is 63.5 Å². The summed E-state index contributed by atoms with van der Waals surface area (Å²) in [6.07, 6.45) is 11.3. The van der Waals surface area contributed by atoms with Gasteiger partial charge < -0.3 is 45.7 Å². The number of guanidine groups is 1. The number of nitrogens with two attached hydrogens (primary N) is 1. The fourth-order valence-corrected chi connectivity index (χ4v) is 7.05. The van der Waals surface area contributed by atoms with Gasteiger partial charge in [-0.1, -0.05) is 61.0 Å². The van der Waals surface area contributed by atoms with Gasteiger partial charge in [0.25, 0.3) is 0 Å². The number of hydrogen-bond acceptors (Lipinski definition) is 10. The number of carbonyl (C=O) groups is 1. The highest BCUT2D eigenvalue weighted by molar-refractivity contribution is 6.32. The Balaban J connectivity index is 1.37. The average molecular weight is 772 g/mol. The molecule has 292 valence electrons. The van der Waals surface area contributed by atoms with Gasteiger partial charge in [-0.3, -0.25) is 15.2 Å². The lowest BCUT2D eigenvalue weighted by Crippen LogP contribution is -2.45. The minimum absolute atomic E-state index is 0.0851. The van der Waals surface area contributed by atoms with Crippen molar-refractivity contribution < 1.29 is 29.2 Å². The molecule has 0 radical (unpaired) electrons. The van der Waals surface area contributed by atoms with Gasteiger partial charge in [-0.05, 0) is 55.0 Å². The van der Waals surface area contributed by atoms with Crippen molar-refractivity contribution in [3.63, 3.8) is 0 Å². The van der Waals surface area contributed by atoms with Crippen molar-refractivity contribution in [2.24, 2.45) is 11.7 Å². The van der Waals surface area contributed by atoms with E-state index in [-0.39, 0.29) is 37.7 Å².